The lowest BCUT2D eigenvalue weighted by Gasteiger charge is -2.52. The number of alkyl halides is 1. The van der Waals surface area contributed by atoms with Crippen molar-refractivity contribution in [2.75, 3.05) is 0 Å². The molecular formula is C9H13BrS. The molecule has 2 heteroatoms. The summed E-state index contributed by atoms with van der Waals surface area (Å²) in [7, 11) is 0. The number of hydrogen-bond acceptors (Lipinski definition) is 1. The molecule has 2 saturated heterocycles. The van der Waals surface area contributed by atoms with Crippen molar-refractivity contribution >= 4 is 27.7 Å². The number of rotatable bonds is 0. The molecule has 5 unspecified atom stereocenters. The van der Waals surface area contributed by atoms with Crippen molar-refractivity contribution in [3.05, 3.63) is 0 Å². The van der Waals surface area contributed by atoms with Crippen molar-refractivity contribution < 1.29 is 0 Å². The molecule has 4 aliphatic rings. The summed E-state index contributed by atoms with van der Waals surface area (Å²) in [5.74, 6) is 2.15. The van der Waals surface area contributed by atoms with Crippen molar-refractivity contribution in [2.24, 2.45) is 11.8 Å². The Morgan fingerprint density at radius 3 is 2.73 bits per heavy atom. The van der Waals surface area contributed by atoms with Crippen LogP contribution in [0.3, 0.4) is 0 Å². The zero-order valence-electron chi connectivity index (χ0n) is 6.50. The fourth-order valence-corrected chi connectivity index (χ4v) is 6.14. The number of halogens is 1. The molecule has 2 heterocycles. The van der Waals surface area contributed by atoms with Crippen LogP contribution in [0, 0.1) is 11.8 Å². The molecule has 4 fully saturated rings. The smallest absolute Gasteiger partial charge is 0.0293 e. The van der Waals surface area contributed by atoms with Crippen molar-refractivity contribution in [1.29, 1.82) is 0 Å². The largest absolute Gasteiger partial charge is 0.154 e. The Kier molecular flexibility index (Phi) is 1.59. The quantitative estimate of drug-likeness (QED) is 0.579. The minimum Gasteiger partial charge on any atom is -0.154 e. The molecule has 0 aromatic carbocycles. The van der Waals surface area contributed by atoms with E-state index < -0.39 is 0 Å². The van der Waals surface area contributed by atoms with Gasteiger partial charge in [0, 0.05) is 15.3 Å². The highest BCUT2D eigenvalue weighted by atomic mass is 79.9. The molecule has 0 nitrogen and oxygen atoms in total. The van der Waals surface area contributed by atoms with Crippen LogP contribution in [-0.2, 0) is 0 Å². The summed E-state index contributed by atoms with van der Waals surface area (Å²) in [4.78, 5) is 0.861. The summed E-state index contributed by atoms with van der Waals surface area (Å²) < 4.78 is 0. The molecule has 11 heavy (non-hydrogen) atoms. The lowest BCUT2D eigenvalue weighted by Crippen LogP contribution is -2.47. The number of hydrogen-bond donors (Lipinski definition) is 0. The molecule has 5 atom stereocenters. The molecule has 0 aromatic rings. The summed E-state index contributed by atoms with van der Waals surface area (Å²) in [5.41, 5.74) is 0. The van der Waals surface area contributed by atoms with E-state index in [0.29, 0.717) is 0 Å². The third kappa shape index (κ3) is 1.02. The van der Waals surface area contributed by atoms with Crippen LogP contribution in [-0.4, -0.2) is 15.3 Å². The summed E-state index contributed by atoms with van der Waals surface area (Å²) in [6.07, 6.45) is 6.09. The van der Waals surface area contributed by atoms with Crippen molar-refractivity contribution in [3.63, 3.8) is 0 Å². The first kappa shape index (κ1) is 7.25. The summed E-state index contributed by atoms with van der Waals surface area (Å²) >= 11 is 6.13. The SMILES string of the molecule is BrC1C2CC3CC(C2)SC1C3. The molecule has 0 radical (unpaired) electrons. The second-order valence-electron chi connectivity index (χ2n) is 4.31. The summed E-state index contributed by atoms with van der Waals surface area (Å²) in [6, 6.07) is 0. The monoisotopic (exact) mass is 232 g/mol. The maximum atomic E-state index is 3.86. The normalized spacial score (nSPS) is 60.3. The molecule has 2 saturated carbocycles. The van der Waals surface area contributed by atoms with Crippen molar-refractivity contribution in [1.82, 2.24) is 0 Å². The Morgan fingerprint density at radius 1 is 1.09 bits per heavy atom. The predicted molar refractivity (Wildman–Crippen MR) is 53.3 cm³/mol. The van der Waals surface area contributed by atoms with Crippen LogP contribution in [0.25, 0.3) is 0 Å². The van der Waals surface area contributed by atoms with Gasteiger partial charge in [-0.15, -0.1) is 0 Å². The van der Waals surface area contributed by atoms with Crippen molar-refractivity contribution in [3.8, 4) is 0 Å². The zero-order valence-corrected chi connectivity index (χ0v) is 8.90. The third-order valence-electron chi connectivity index (χ3n) is 3.54. The van der Waals surface area contributed by atoms with Gasteiger partial charge in [-0.25, -0.2) is 0 Å². The Labute approximate surface area is 80.6 Å². The first-order valence-corrected chi connectivity index (χ1v) is 6.48. The summed E-state index contributed by atoms with van der Waals surface area (Å²) in [5, 5.41) is 2.03. The van der Waals surface area contributed by atoms with Gasteiger partial charge >= 0.3 is 0 Å². The molecule has 4 rings (SSSR count). The highest BCUT2D eigenvalue weighted by Gasteiger charge is 2.47. The second kappa shape index (κ2) is 2.41. The van der Waals surface area contributed by atoms with Crippen LogP contribution in [0.5, 0.6) is 0 Å². The molecule has 0 spiro atoms. The summed E-state index contributed by atoms with van der Waals surface area (Å²) in [6.45, 7) is 0. The van der Waals surface area contributed by atoms with Gasteiger partial charge in [-0.2, -0.15) is 11.8 Å². The maximum absolute atomic E-state index is 3.86. The third-order valence-corrected chi connectivity index (χ3v) is 6.88. The topological polar surface area (TPSA) is 0 Å². The number of thioether (sulfide) groups is 1. The van der Waals surface area contributed by atoms with Gasteiger partial charge in [0.15, 0.2) is 0 Å². The molecule has 62 valence electrons. The van der Waals surface area contributed by atoms with E-state index >= 15 is 0 Å². The first-order valence-electron chi connectivity index (χ1n) is 4.62. The van der Waals surface area contributed by atoms with E-state index in [1.807, 2.05) is 0 Å². The van der Waals surface area contributed by atoms with E-state index in [1.54, 1.807) is 0 Å². The minimum atomic E-state index is 0.861. The highest BCUT2D eigenvalue weighted by Crippen LogP contribution is 2.56. The highest BCUT2D eigenvalue weighted by molar-refractivity contribution is 9.09. The Balaban J connectivity index is 1.91. The zero-order chi connectivity index (χ0) is 7.42. The Hall–Kier alpha value is 0.830. The van der Waals surface area contributed by atoms with E-state index in [1.165, 1.54) is 25.7 Å². The van der Waals surface area contributed by atoms with Crippen LogP contribution in [0.4, 0.5) is 0 Å². The van der Waals surface area contributed by atoms with Gasteiger partial charge in [0.25, 0.3) is 0 Å². The van der Waals surface area contributed by atoms with Gasteiger partial charge in [-0.1, -0.05) is 15.9 Å². The van der Waals surface area contributed by atoms with Crippen LogP contribution in [0.2, 0.25) is 0 Å². The predicted octanol–water partition coefficient (Wildman–Crippen LogP) is 3.05. The molecule has 2 aliphatic heterocycles. The lowest BCUT2D eigenvalue weighted by atomic mass is 9.71. The van der Waals surface area contributed by atoms with E-state index in [4.69, 9.17) is 0 Å². The van der Waals surface area contributed by atoms with E-state index in [9.17, 15) is 0 Å². The molecule has 4 bridgehead atoms. The molecule has 0 amide bonds. The van der Waals surface area contributed by atoms with Gasteiger partial charge in [0.1, 0.15) is 0 Å². The fourth-order valence-electron chi connectivity index (χ4n) is 3.13. The van der Waals surface area contributed by atoms with Crippen LogP contribution < -0.4 is 0 Å². The van der Waals surface area contributed by atoms with Gasteiger partial charge in [-0.3, -0.25) is 0 Å². The standard InChI is InChI=1S/C9H13BrS/c10-9-6-1-5-2-7(4-6)11-8(9)3-5/h5-9H,1-4H2. The molecule has 0 aromatic heterocycles. The Morgan fingerprint density at radius 2 is 2.00 bits per heavy atom. The second-order valence-corrected chi connectivity index (χ2v) is 6.91. The first-order chi connectivity index (χ1) is 5.33. The van der Waals surface area contributed by atoms with Gasteiger partial charge in [-0.05, 0) is 37.5 Å². The average Bonchev–Trinajstić information content (AvgIpc) is 1.98. The van der Waals surface area contributed by atoms with Gasteiger partial charge in [0.2, 0.25) is 0 Å². The Bertz CT molecular complexity index is 152. The molecular weight excluding hydrogens is 220 g/mol. The van der Waals surface area contributed by atoms with Crippen molar-refractivity contribution in [2.45, 2.75) is 41.0 Å². The van der Waals surface area contributed by atoms with Gasteiger partial charge in [0.05, 0.1) is 0 Å². The van der Waals surface area contributed by atoms with Crippen LogP contribution in [0.1, 0.15) is 25.7 Å². The molecule has 0 N–H and O–H groups in total. The maximum Gasteiger partial charge on any atom is 0.0293 e. The lowest BCUT2D eigenvalue weighted by molar-refractivity contribution is 0.194. The fraction of sp³-hybridized carbons (Fsp3) is 1.00. The van der Waals surface area contributed by atoms with Crippen LogP contribution >= 0.6 is 27.7 Å². The van der Waals surface area contributed by atoms with Crippen LogP contribution in [0.15, 0.2) is 0 Å². The average molecular weight is 233 g/mol. The van der Waals surface area contributed by atoms with E-state index in [-0.39, 0.29) is 0 Å². The van der Waals surface area contributed by atoms with E-state index in [2.05, 4.69) is 27.7 Å². The molecule has 2 aliphatic carbocycles. The van der Waals surface area contributed by atoms with E-state index in [0.717, 1.165) is 27.2 Å². The minimum absolute atomic E-state index is 0.861. The van der Waals surface area contributed by atoms with Gasteiger partial charge < -0.3 is 0 Å².